The number of aromatic nitrogens is 3. The van der Waals surface area contributed by atoms with Gasteiger partial charge < -0.3 is 11.1 Å². The van der Waals surface area contributed by atoms with Crippen molar-refractivity contribution in [2.24, 2.45) is 5.73 Å². The Labute approximate surface area is 196 Å². The molecule has 0 saturated carbocycles. The number of benzene rings is 2. The fourth-order valence-electron chi connectivity index (χ4n) is 3.67. The van der Waals surface area contributed by atoms with Gasteiger partial charge in [0, 0.05) is 11.9 Å². The minimum atomic E-state index is -4.84. The number of amides is 2. The highest BCUT2D eigenvalue weighted by atomic mass is 19.4. The minimum Gasteiger partial charge on any atom is -0.366 e. The number of carbonyl (C=O) groups excluding carboxylic acids is 2. The molecule has 2 amide bonds. The van der Waals surface area contributed by atoms with Crippen LogP contribution in [0, 0.1) is 12.7 Å². The molecule has 0 unspecified atom stereocenters. The standard InChI is InChI=1S/C24H19F4N5O2/c1-13-20(21(24(26,27)28)32-33(13)11-10-14-6-8-15(25)9-7-14)31-23(35)19-12-17(22(29)34)16-4-2-3-5-18(16)30-19/h2-9,12H,10-11H2,1H3,(H2,29,34)(H,31,35). The van der Waals surface area contributed by atoms with Gasteiger partial charge in [-0.25, -0.2) is 9.37 Å². The smallest absolute Gasteiger partial charge is 0.366 e. The molecule has 0 fully saturated rings. The molecule has 4 aromatic rings. The maximum atomic E-state index is 13.7. The van der Waals surface area contributed by atoms with Crippen LogP contribution in [0.2, 0.25) is 0 Å². The average Bonchev–Trinajstić information content (AvgIpc) is 3.13. The second-order valence-corrected chi connectivity index (χ2v) is 7.80. The summed E-state index contributed by atoms with van der Waals surface area (Å²) in [5.74, 6) is -2.18. The van der Waals surface area contributed by atoms with Gasteiger partial charge in [0.2, 0.25) is 5.91 Å². The van der Waals surface area contributed by atoms with E-state index in [0.717, 1.165) is 10.7 Å². The van der Waals surface area contributed by atoms with E-state index in [2.05, 4.69) is 15.4 Å². The predicted octanol–water partition coefficient (Wildman–Crippen LogP) is 4.49. The normalized spacial score (nSPS) is 11.6. The fourth-order valence-corrected chi connectivity index (χ4v) is 3.67. The molecule has 0 atom stereocenters. The molecule has 0 radical (unpaired) electrons. The molecular weight excluding hydrogens is 466 g/mol. The van der Waals surface area contributed by atoms with Crippen molar-refractivity contribution in [2.75, 3.05) is 5.32 Å². The van der Waals surface area contributed by atoms with Crippen LogP contribution in [0.1, 0.15) is 37.8 Å². The van der Waals surface area contributed by atoms with Crippen LogP contribution in [-0.2, 0) is 19.1 Å². The first-order chi connectivity index (χ1) is 16.5. The number of nitrogens with two attached hydrogens (primary N) is 1. The summed E-state index contributed by atoms with van der Waals surface area (Å²) in [7, 11) is 0. The van der Waals surface area contributed by atoms with E-state index in [-0.39, 0.29) is 29.0 Å². The Morgan fingerprint density at radius 1 is 1.09 bits per heavy atom. The van der Waals surface area contributed by atoms with Gasteiger partial charge in [-0.3, -0.25) is 14.3 Å². The zero-order valence-corrected chi connectivity index (χ0v) is 18.4. The number of anilines is 1. The van der Waals surface area contributed by atoms with Crippen LogP contribution >= 0.6 is 0 Å². The quantitative estimate of drug-likeness (QED) is 0.393. The highest BCUT2D eigenvalue weighted by Crippen LogP contribution is 2.36. The van der Waals surface area contributed by atoms with Crippen LogP contribution in [-0.4, -0.2) is 26.6 Å². The van der Waals surface area contributed by atoms with Crippen LogP contribution in [0.15, 0.2) is 54.6 Å². The Bertz CT molecular complexity index is 1430. The van der Waals surface area contributed by atoms with Gasteiger partial charge in [-0.15, -0.1) is 0 Å². The molecule has 2 aromatic carbocycles. The summed E-state index contributed by atoms with van der Waals surface area (Å²) in [5.41, 5.74) is 4.45. The van der Waals surface area contributed by atoms with E-state index < -0.39 is 35.2 Å². The average molecular weight is 485 g/mol. The summed E-state index contributed by atoms with van der Waals surface area (Å²) in [6.07, 6.45) is -4.55. The summed E-state index contributed by atoms with van der Waals surface area (Å²) in [5, 5.41) is 6.33. The minimum absolute atomic E-state index is 0.0171. The number of halogens is 4. The Hall–Kier alpha value is -4.28. The lowest BCUT2D eigenvalue weighted by atomic mass is 10.1. The molecule has 7 nitrogen and oxygen atoms in total. The van der Waals surface area contributed by atoms with E-state index in [1.807, 2.05) is 0 Å². The number of pyridine rings is 1. The lowest BCUT2D eigenvalue weighted by Crippen LogP contribution is -2.19. The van der Waals surface area contributed by atoms with Crippen molar-refractivity contribution in [1.82, 2.24) is 14.8 Å². The fraction of sp³-hybridized carbons (Fsp3) is 0.167. The number of aryl methyl sites for hydroxylation is 2. The van der Waals surface area contributed by atoms with Crippen molar-refractivity contribution in [3.05, 3.63) is 88.6 Å². The highest BCUT2D eigenvalue weighted by Gasteiger charge is 2.39. The molecule has 35 heavy (non-hydrogen) atoms. The monoisotopic (exact) mass is 485 g/mol. The van der Waals surface area contributed by atoms with Crippen LogP contribution in [0.25, 0.3) is 10.9 Å². The lowest BCUT2D eigenvalue weighted by molar-refractivity contribution is -0.140. The van der Waals surface area contributed by atoms with Crippen LogP contribution in [0.4, 0.5) is 23.2 Å². The van der Waals surface area contributed by atoms with Crippen molar-refractivity contribution in [3.8, 4) is 0 Å². The van der Waals surface area contributed by atoms with E-state index in [1.165, 1.54) is 31.2 Å². The van der Waals surface area contributed by atoms with Crippen molar-refractivity contribution >= 4 is 28.4 Å². The molecule has 0 aliphatic carbocycles. The van der Waals surface area contributed by atoms with Crippen molar-refractivity contribution in [2.45, 2.75) is 26.1 Å². The molecule has 0 spiro atoms. The molecule has 0 aliphatic rings. The van der Waals surface area contributed by atoms with Crippen molar-refractivity contribution < 1.29 is 27.2 Å². The highest BCUT2D eigenvalue weighted by molar-refractivity contribution is 6.10. The van der Waals surface area contributed by atoms with E-state index >= 15 is 0 Å². The largest absolute Gasteiger partial charge is 0.437 e. The lowest BCUT2D eigenvalue weighted by Gasteiger charge is -2.10. The van der Waals surface area contributed by atoms with Crippen LogP contribution < -0.4 is 11.1 Å². The maximum Gasteiger partial charge on any atom is 0.437 e. The number of carbonyl (C=O) groups is 2. The Morgan fingerprint density at radius 2 is 1.77 bits per heavy atom. The SMILES string of the molecule is Cc1c(NC(=O)c2cc(C(N)=O)c3ccccc3n2)c(C(F)(F)F)nn1CCc1ccc(F)cc1. The molecule has 4 rings (SSSR count). The maximum absolute atomic E-state index is 13.7. The summed E-state index contributed by atoms with van der Waals surface area (Å²) in [4.78, 5) is 29.0. The third-order valence-electron chi connectivity index (χ3n) is 5.45. The first-order valence-electron chi connectivity index (χ1n) is 10.4. The number of nitrogens with one attached hydrogen (secondary N) is 1. The number of alkyl halides is 3. The Balaban J connectivity index is 1.67. The molecule has 11 heteroatoms. The number of nitrogens with zero attached hydrogens (tertiary/aromatic N) is 3. The number of para-hydroxylation sites is 1. The van der Waals surface area contributed by atoms with Gasteiger partial charge in [0.1, 0.15) is 11.5 Å². The molecule has 2 heterocycles. The number of primary amides is 1. The van der Waals surface area contributed by atoms with Gasteiger partial charge in [-0.05, 0) is 43.2 Å². The van der Waals surface area contributed by atoms with Crippen LogP contribution in [0.3, 0.4) is 0 Å². The van der Waals surface area contributed by atoms with Gasteiger partial charge in [0.15, 0.2) is 5.69 Å². The van der Waals surface area contributed by atoms with Gasteiger partial charge in [-0.1, -0.05) is 30.3 Å². The number of rotatable bonds is 6. The topological polar surface area (TPSA) is 103 Å². The van der Waals surface area contributed by atoms with Crippen molar-refractivity contribution in [3.63, 3.8) is 0 Å². The van der Waals surface area contributed by atoms with Gasteiger partial charge in [0.05, 0.1) is 22.5 Å². The number of hydrogen-bond donors (Lipinski definition) is 2. The van der Waals surface area contributed by atoms with Crippen LogP contribution in [0.5, 0.6) is 0 Å². The first kappa shape index (κ1) is 23.9. The summed E-state index contributed by atoms with van der Waals surface area (Å²) < 4.78 is 55.4. The molecule has 2 aromatic heterocycles. The van der Waals surface area contributed by atoms with E-state index in [1.54, 1.807) is 24.3 Å². The predicted molar refractivity (Wildman–Crippen MR) is 120 cm³/mol. The second kappa shape index (κ2) is 9.16. The number of fused-ring (bicyclic) bond motifs is 1. The molecule has 0 saturated heterocycles. The zero-order chi connectivity index (χ0) is 25.3. The molecular formula is C24H19F4N5O2. The van der Waals surface area contributed by atoms with E-state index in [4.69, 9.17) is 5.73 Å². The first-order valence-corrected chi connectivity index (χ1v) is 10.4. The molecule has 0 bridgehead atoms. The Kier molecular flexibility index (Phi) is 6.25. The zero-order valence-electron chi connectivity index (χ0n) is 18.4. The van der Waals surface area contributed by atoms with Crippen molar-refractivity contribution in [1.29, 1.82) is 0 Å². The third-order valence-corrected chi connectivity index (χ3v) is 5.45. The van der Waals surface area contributed by atoms with Gasteiger partial charge in [-0.2, -0.15) is 18.3 Å². The van der Waals surface area contributed by atoms with E-state index in [9.17, 15) is 27.2 Å². The van der Waals surface area contributed by atoms with Gasteiger partial charge in [0.25, 0.3) is 5.91 Å². The Morgan fingerprint density at radius 3 is 2.43 bits per heavy atom. The molecule has 0 aliphatic heterocycles. The van der Waals surface area contributed by atoms with E-state index in [0.29, 0.717) is 17.4 Å². The second-order valence-electron chi connectivity index (χ2n) is 7.80. The molecule has 3 N–H and O–H groups in total. The third kappa shape index (κ3) is 4.98. The van der Waals surface area contributed by atoms with Gasteiger partial charge >= 0.3 is 6.18 Å². The summed E-state index contributed by atoms with van der Waals surface area (Å²) in [6.45, 7) is 1.46. The molecule has 180 valence electrons. The number of hydrogen-bond acceptors (Lipinski definition) is 4. The summed E-state index contributed by atoms with van der Waals surface area (Å²) >= 11 is 0. The summed E-state index contributed by atoms with van der Waals surface area (Å²) in [6, 6.07) is 13.2.